The maximum Gasteiger partial charge on any atom is 0.407 e. The lowest BCUT2D eigenvalue weighted by molar-refractivity contribution is -0.117. The van der Waals surface area contributed by atoms with Crippen LogP contribution in [0.1, 0.15) is 24.0 Å². The summed E-state index contributed by atoms with van der Waals surface area (Å²) >= 11 is 0. The fourth-order valence-corrected chi connectivity index (χ4v) is 4.25. The summed E-state index contributed by atoms with van der Waals surface area (Å²) in [5.74, 6) is -0.365. The lowest BCUT2D eigenvalue weighted by Gasteiger charge is -2.17. The third kappa shape index (κ3) is 4.28. The van der Waals surface area contributed by atoms with E-state index in [0.717, 1.165) is 16.8 Å². The quantitative estimate of drug-likeness (QED) is 0.443. The molecule has 2 N–H and O–H groups in total. The van der Waals surface area contributed by atoms with Crippen LogP contribution in [0.3, 0.4) is 0 Å². The second-order valence-corrected chi connectivity index (χ2v) is 8.18. The summed E-state index contributed by atoms with van der Waals surface area (Å²) in [6, 6.07) is 24.7. The van der Waals surface area contributed by atoms with Crippen LogP contribution in [0, 0.1) is 0 Å². The van der Waals surface area contributed by atoms with Gasteiger partial charge in [-0.25, -0.2) is 9.48 Å². The van der Waals surface area contributed by atoms with Crippen LogP contribution in [0.15, 0.2) is 91.3 Å². The molecule has 0 spiro atoms. The van der Waals surface area contributed by atoms with Gasteiger partial charge in [-0.2, -0.15) is 5.10 Å². The van der Waals surface area contributed by atoms with E-state index >= 15 is 0 Å². The van der Waals surface area contributed by atoms with Crippen molar-refractivity contribution in [1.29, 1.82) is 0 Å². The second kappa shape index (κ2) is 9.23. The Morgan fingerprint density at radius 1 is 0.941 bits per heavy atom. The van der Waals surface area contributed by atoms with Gasteiger partial charge in [0.25, 0.3) is 0 Å². The number of rotatable bonds is 6. The highest BCUT2D eigenvalue weighted by Crippen LogP contribution is 2.44. The van der Waals surface area contributed by atoms with Crippen LogP contribution in [0.4, 0.5) is 10.5 Å². The summed E-state index contributed by atoms with van der Waals surface area (Å²) in [6.07, 6.45) is 2.92. The average Bonchev–Trinajstić information content (AvgIpc) is 3.50. The van der Waals surface area contributed by atoms with E-state index in [-0.39, 0.29) is 18.4 Å². The Labute approximate surface area is 197 Å². The molecule has 34 heavy (non-hydrogen) atoms. The molecule has 1 heterocycles. The SMILES string of the molecule is C[C@H](NC(=O)OCC1c2ccccc2-c2ccccc21)C(=O)Nc1ccc(-n2cccn2)cc1. The minimum absolute atomic E-state index is 0.0319. The maximum absolute atomic E-state index is 12.6. The molecule has 0 aliphatic heterocycles. The zero-order valence-electron chi connectivity index (χ0n) is 18.6. The van der Waals surface area contributed by atoms with E-state index in [2.05, 4.69) is 40.0 Å². The van der Waals surface area contributed by atoms with Gasteiger partial charge in [0.2, 0.25) is 5.91 Å². The molecular weight excluding hydrogens is 428 g/mol. The Bertz CT molecular complexity index is 1270. The van der Waals surface area contributed by atoms with Gasteiger partial charge < -0.3 is 15.4 Å². The minimum Gasteiger partial charge on any atom is -0.449 e. The summed E-state index contributed by atoms with van der Waals surface area (Å²) in [5, 5.41) is 9.60. The number of carbonyl (C=O) groups excluding carboxylic acids is 2. The van der Waals surface area contributed by atoms with Crippen LogP contribution in [0.5, 0.6) is 0 Å². The number of alkyl carbamates (subject to hydrolysis) is 1. The number of ether oxygens (including phenoxy) is 1. The first-order valence-corrected chi connectivity index (χ1v) is 11.1. The third-order valence-electron chi connectivity index (χ3n) is 5.98. The molecule has 1 aromatic heterocycles. The summed E-state index contributed by atoms with van der Waals surface area (Å²) in [4.78, 5) is 25.0. The number of nitrogens with zero attached hydrogens (tertiary/aromatic N) is 2. The number of carbonyl (C=O) groups is 2. The van der Waals surface area contributed by atoms with Gasteiger partial charge in [0.1, 0.15) is 12.6 Å². The Morgan fingerprint density at radius 3 is 2.21 bits per heavy atom. The fraction of sp³-hybridized carbons (Fsp3) is 0.148. The van der Waals surface area contributed by atoms with Gasteiger partial charge in [-0.3, -0.25) is 4.79 Å². The first-order valence-electron chi connectivity index (χ1n) is 11.1. The molecule has 7 heteroatoms. The fourth-order valence-electron chi connectivity index (χ4n) is 4.25. The zero-order valence-corrected chi connectivity index (χ0v) is 18.6. The first kappa shape index (κ1) is 21.5. The van der Waals surface area contributed by atoms with Crippen LogP contribution in [0.2, 0.25) is 0 Å². The van der Waals surface area contributed by atoms with Crippen molar-refractivity contribution >= 4 is 17.7 Å². The van der Waals surface area contributed by atoms with E-state index in [4.69, 9.17) is 4.74 Å². The summed E-state index contributed by atoms with van der Waals surface area (Å²) in [5.41, 5.74) is 6.12. The summed E-state index contributed by atoms with van der Waals surface area (Å²) < 4.78 is 7.26. The van der Waals surface area contributed by atoms with Gasteiger partial charge in [0.15, 0.2) is 0 Å². The highest BCUT2D eigenvalue weighted by Gasteiger charge is 2.29. The molecule has 4 aromatic rings. The van der Waals surface area contributed by atoms with Crippen molar-refractivity contribution in [2.24, 2.45) is 0 Å². The van der Waals surface area contributed by atoms with Crippen molar-refractivity contribution in [3.05, 3.63) is 102 Å². The average molecular weight is 453 g/mol. The molecule has 3 aromatic carbocycles. The lowest BCUT2D eigenvalue weighted by Crippen LogP contribution is -2.42. The number of benzene rings is 3. The number of hydrogen-bond acceptors (Lipinski definition) is 4. The maximum atomic E-state index is 12.6. The van der Waals surface area contributed by atoms with Crippen LogP contribution in [-0.4, -0.2) is 34.4 Å². The molecule has 0 saturated carbocycles. The smallest absolute Gasteiger partial charge is 0.407 e. The number of nitrogens with one attached hydrogen (secondary N) is 2. The van der Waals surface area contributed by atoms with Crippen LogP contribution >= 0.6 is 0 Å². The molecule has 5 rings (SSSR count). The van der Waals surface area contributed by atoms with Gasteiger partial charge in [-0.1, -0.05) is 48.5 Å². The molecule has 1 aliphatic carbocycles. The molecule has 7 nitrogen and oxygen atoms in total. The van der Waals surface area contributed by atoms with Crippen LogP contribution < -0.4 is 10.6 Å². The van der Waals surface area contributed by atoms with E-state index in [0.29, 0.717) is 5.69 Å². The van der Waals surface area contributed by atoms with E-state index in [1.54, 1.807) is 29.9 Å². The van der Waals surface area contributed by atoms with E-state index in [9.17, 15) is 9.59 Å². The van der Waals surface area contributed by atoms with Crippen molar-refractivity contribution in [3.8, 4) is 16.8 Å². The van der Waals surface area contributed by atoms with Gasteiger partial charge in [-0.05, 0) is 59.5 Å². The molecular formula is C27H24N4O3. The molecule has 0 unspecified atom stereocenters. The van der Waals surface area contributed by atoms with Crippen molar-refractivity contribution in [2.75, 3.05) is 11.9 Å². The molecule has 170 valence electrons. The molecule has 0 bridgehead atoms. The molecule has 0 fully saturated rings. The van der Waals surface area contributed by atoms with Crippen molar-refractivity contribution < 1.29 is 14.3 Å². The van der Waals surface area contributed by atoms with Crippen LogP contribution in [0.25, 0.3) is 16.8 Å². The number of aromatic nitrogens is 2. The predicted molar refractivity (Wildman–Crippen MR) is 130 cm³/mol. The lowest BCUT2D eigenvalue weighted by atomic mass is 9.98. The van der Waals surface area contributed by atoms with E-state index < -0.39 is 12.1 Å². The zero-order chi connectivity index (χ0) is 23.5. The Balaban J connectivity index is 1.16. The molecule has 0 saturated heterocycles. The number of amides is 2. The van der Waals surface area contributed by atoms with Gasteiger partial charge in [0.05, 0.1) is 5.69 Å². The number of hydrogen-bond donors (Lipinski definition) is 2. The highest BCUT2D eigenvalue weighted by molar-refractivity contribution is 5.96. The largest absolute Gasteiger partial charge is 0.449 e. The standard InChI is InChI=1S/C27H24N4O3/c1-18(26(32)30-19-11-13-20(14-12-19)31-16-6-15-28-31)29-27(33)34-17-25-23-9-4-2-7-21(23)22-8-3-5-10-24(22)25/h2-16,18,25H,17H2,1H3,(H,29,33)(H,30,32)/t18-/m0/s1. The Hall–Kier alpha value is -4.39. The first-order chi connectivity index (χ1) is 16.6. The molecule has 2 amide bonds. The van der Waals surface area contributed by atoms with Gasteiger partial charge in [-0.15, -0.1) is 0 Å². The minimum atomic E-state index is -0.763. The third-order valence-corrected chi connectivity index (χ3v) is 5.98. The Kier molecular flexibility index (Phi) is 5.82. The van der Waals surface area contributed by atoms with Crippen molar-refractivity contribution in [2.45, 2.75) is 18.9 Å². The second-order valence-electron chi connectivity index (χ2n) is 8.18. The van der Waals surface area contributed by atoms with E-state index in [1.807, 2.05) is 48.7 Å². The van der Waals surface area contributed by atoms with Crippen molar-refractivity contribution in [1.82, 2.24) is 15.1 Å². The number of fused-ring (bicyclic) bond motifs is 3. The van der Waals surface area contributed by atoms with Gasteiger partial charge >= 0.3 is 6.09 Å². The van der Waals surface area contributed by atoms with Crippen LogP contribution in [-0.2, 0) is 9.53 Å². The Morgan fingerprint density at radius 2 is 1.59 bits per heavy atom. The monoisotopic (exact) mass is 452 g/mol. The van der Waals surface area contributed by atoms with Crippen molar-refractivity contribution in [3.63, 3.8) is 0 Å². The molecule has 1 atom stereocenters. The van der Waals surface area contributed by atoms with E-state index in [1.165, 1.54) is 11.1 Å². The topological polar surface area (TPSA) is 85.2 Å². The molecule has 1 aliphatic rings. The predicted octanol–water partition coefficient (Wildman–Crippen LogP) is 4.74. The normalized spacial score (nSPS) is 13.0. The summed E-state index contributed by atoms with van der Waals surface area (Å²) in [6.45, 7) is 1.82. The number of anilines is 1. The molecule has 0 radical (unpaired) electrons. The highest BCUT2D eigenvalue weighted by atomic mass is 16.5. The van der Waals surface area contributed by atoms with Gasteiger partial charge in [0, 0.05) is 24.0 Å². The summed E-state index contributed by atoms with van der Waals surface area (Å²) in [7, 11) is 0.